The number of ether oxygens (including phenoxy) is 1. The van der Waals surface area contributed by atoms with Gasteiger partial charge in [-0.15, -0.1) is 0 Å². The Morgan fingerprint density at radius 3 is 3.00 bits per heavy atom. The van der Waals surface area contributed by atoms with E-state index in [-0.39, 0.29) is 11.9 Å². The predicted molar refractivity (Wildman–Crippen MR) is 112 cm³/mol. The molecule has 2 aliphatic rings. The first-order chi connectivity index (χ1) is 14.1. The molecule has 4 rings (SSSR count). The number of likely N-dealkylation sites (tertiary alicyclic amines) is 2. The highest BCUT2D eigenvalue weighted by molar-refractivity contribution is 5.83. The molecule has 1 aromatic heterocycles. The van der Waals surface area contributed by atoms with Crippen molar-refractivity contribution in [3.63, 3.8) is 0 Å². The summed E-state index contributed by atoms with van der Waals surface area (Å²) >= 11 is 0. The molecule has 3 heterocycles. The Kier molecular flexibility index (Phi) is 5.54. The number of rotatable bonds is 5. The summed E-state index contributed by atoms with van der Waals surface area (Å²) in [6.07, 6.45) is 4.63. The van der Waals surface area contributed by atoms with E-state index in [0.29, 0.717) is 19.1 Å². The predicted octanol–water partition coefficient (Wildman–Crippen LogP) is 2.27. The Morgan fingerprint density at radius 1 is 1.34 bits per heavy atom. The van der Waals surface area contributed by atoms with E-state index in [4.69, 9.17) is 4.74 Å². The molecule has 1 aromatic carbocycles. The van der Waals surface area contributed by atoms with Crippen molar-refractivity contribution in [1.82, 2.24) is 14.8 Å². The van der Waals surface area contributed by atoms with Crippen molar-refractivity contribution < 1.29 is 9.53 Å². The van der Waals surface area contributed by atoms with E-state index < -0.39 is 0 Å². The minimum atomic E-state index is -0.245. The third-order valence-corrected chi connectivity index (χ3v) is 6.16. The number of nitrogens with zero attached hydrogens (tertiary/aromatic N) is 5. The van der Waals surface area contributed by atoms with E-state index in [1.807, 2.05) is 24.4 Å². The second kappa shape index (κ2) is 8.26. The van der Waals surface area contributed by atoms with Gasteiger partial charge in [0.1, 0.15) is 11.8 Å². The molecule has 2 aliphatic heterocycles. The monoisotopic (exact) mass is 393 g/mol. The van der Waals surface area contributed by atoms with E-state index in [1.54, 1.807) is 12.0 Å². The molecule has 0 N–H and O–H groups in total. The van der Waals surface area contributed by atoms with E-state index in [0.717, 1.165) is 54.7 Å². The second-order valence-electron chi connectivity index (χ2n) is 7.91. The van der Waals surface area contributed by atoms with Crippen molar-refractivity contribution >= 4 is 22.5 Å². The molecule has 0 spiro atoms. The number of benzene rings is 1. The van der Waals surface area contributed by atoms with Gasteiger partial charge in [-0.1, -0.05) is 0 Å². The van der Waals surface area contributed by atoms with Crippen LogP contribution in [0.1, 0.15) is 19.3 Å². The highest BCUT2D eigenvalue weighted by Gasteiger charge is 2.32. The first kappa shape index (κ1) is 19.5. The van der Waals surface area contributed by atoms with Gasteiger partial charge in [0.15, 0.2) is 0 Å². The van der Waals surface area contributed by atoms with Gasteiger partial charge in [-0.2, -0.15) is 5.26 Å². The SMILES string of the molecule is COc1ccc2cc(N(C)[C@H]3CCN(CC(=O)N4CCCC4C#N)C3)cnc2c1. The molecule has 1 unspecified atom stereocenters. The Bertz CT molecular complexity index is 940. The number of nitriles is 1. The van der Waals surface area contributed by atoms with Gasteiger partial charge in [-0.3, -0.25) is 14.7 Å². The highest BCUT2D eigenvalue weighted by atomic mass is 16.5. The van der Waals surface area contributed by atoms with Crippen LogP contribution in [0.4, 0.5) is 5.69 Å². The lowest BCUT2D eigenvalue weighted by Gasteiger charge is -2.27. The molecule has 2 atom stereocenters. The van der Waals surface area contributed by atoms with E-state index in [1.165, 1.54) is 0 Å². The maximum Gasteiger partial charge on any atom is 0.237 e. The van der Waals surface area contributed by atoms with Crippen molar-refractivity contribution in [2.75, 3.05) is 45.2 Å². The van der Waals surface area contributed by atoms with Crippen LogP contribution < -0.4 is 9.64 Å². The number of amides is 1. The van der Waals surface area contributed by atoms with Crippen molar-refractivity contribution in [1.29, 1.82) is 5.26 Å². The molecule has 0 saturated carbocycles. The Morgan fingerprint density at radius 2 is 2.21 bits per heavy atom. The topological polar surface area (TPSA) is 72.7 Å². The zero-order valence-corrected chi connectivity index (χ0v) is 17.0. The Balaban J connectivity index is 1.39. The minimum absolute atomic E-state index is 0.0821. The summed E-state index contributed by atoms with van der Waals surface area (Å²) in [5, 5.41) is 10.3. The van der Waals surface area contributed by atoms with Crippen LogP contribution >= 0.6 is 0 Å². The molecule has 0 aliphatic carbocycles. The normalized spacial score (nSPS) is 22.0. The lowest BCUT2D eigenvalue weighted by Crippen LogP contribution is -2.42. The Labute approximate surface area is 171 Å². The summed E-state index contributed by atoms with van der Waals surface area (Å²) in [6, 6.07) is 10.4. The first-order valence-corrected chi connectivity index (χ1v) is 10.2. The molecule has 0 radical (unpaired) electrons. The van der Waals surface area contributed by atoms with Crippen LogP contribution in [-0.2, 0) is 4.79 Å². The van der Waals surface area contributed by atoms with Crippen molar-refractivity contribution in [2.45, 2.75) is 31.3 Å². The molecule has 2 fully saturated rings. The number of carbonyl (C=O) groups is 1. The van der Waals surface area contributed by atoms with Crippen LogP contribution in [0.5, 0.6) is 5.75 Å². The summed E-state index contributed by atoms with van der Waals surface area (Å²) in [4.78, 5) is 23.4. The average Bonchev–Trinajstić information content (AvgIpc) is 3.41. The van der Waals surface area contributed by atoms with Crippen LogP contribution in [-0.4, -0.2) is 73.1 Å². The van der Waals surface area contributed by atoms with Gasteiger partial charge in [0.05, 0.1) is 37.1 Å². The van der Waals surface area contributed by atoms with Crippen LogP contribution in [0.2, 0.25) is 0 Å². The Hall–Kier alpha value is -2.85. The van der Waals surface area contributed by atoms with Gasteiger partial charge >= 0.3 is 0 Å². The van der Waals surface area contributed by atoms with Crippen LogP contribution in [0, 0.1) is 11.3 Å². The average molecular weight is 393 g/mol. The number of methoxy groups -OCH3 is 1. The molecule has 1 amide bonds. The lowest BCUT2D eigenvalue weighted by atomic mass is 10.1. The molecular weight excluding hydrogens is 366 g/mol. The maximum atomic E-state index is 12.6. The van der Waals surface area contributed by atoms with Crippen molar-refractivity contribution in [3.05, 3.63) is 30.5 Å². The maximum absolute atomic E-state index is 12.6. The van der Waals surface area contributed by atoms with Crippen LogP contribution in [0.15, 0.2) is 30.5 Å². The van der Waals surface area contributed by atoms with Crippen molar-refractivity contribution in [3.8, 4) is 11.8 Å². The number of likely N-dealkylation sites (N-methyl/N-ethyl adjacent to an activating group) is 1. The zero-order chi connectivity index (χ0) is 20.4. The number of anilines is 1. The fourth-order valence-electron chi connectivity index (χ4n) is 4.37. The molecule has 7 heteroatoms. The molecule has 2 aromatic rings. The summed E-state index contributed by atoms with van der Waals surface area (Å²) in [5.41, 5.74) is 1.99. The van der Waals surface area contributed by atoms with Crippen LogP contribution in [0.3, 0.4) is 0 Å². The summed E-state index contributed by atoms with van der Waals surface area (Å²) in [5.74, 6) is 0.887. The zero-order valence-electron chi connectivity index (χ0n) is 17.0. The highest BCUT2D eigenvalue weighted by Crippen LogP contribution is 2.26. The number of aromatic nitrogens is 1. The van der Waals surface area contributed by atoms with Gasteiger partial charge in [0.2, 0.25) is 5.91 Å². The smallest absolute Gasteiger partial charge is 0.237 e. The second-order valence-corrected chi connectivity index (χ2v) is 7.91. The number of hydrogen-bond acceptors (Lipinski definition) is 6. The number of hydrogen-bond donors (Lipinski definition) is 0. The largest absolute Gasteiger partial charge is 0.497 e. The molecule has 29 heavy (non-hydrogen) atoms. The third-order valence-electron chi connectivity index (χ3n) is 6.16. The number of pyridine rings is 1. The molecule has 0 bridgehead atoms. The lowest BCUT2D eigenvalue weighted by molar-refractivity contribution is -0.132. The summed E-state index contributed by atoms with van der Waals surface area (Å²) < 4.78 is 5.27. The van der Waals surface area contributed by atoms with E-state index in [2.05, 4.69) is 34.0 Å². The van der Waals surface area contributed by atoms with Crippen molar-refractivity contribution in [2.24, 2.45) is 0 Å². The summed E-state index contributed by atoms with van der Waals surface area (Å²) in [7, 11) is 3.75. The van der Waals surface area contributed by atoms with Gasteiger partial charge in [-0.05, 0) is 37.5 Å². The first-order valence-electron chi connectivity index (χ1n) is 10.2. The van der Waals surface area contributed by atoms with E-state index >= 15 is 0 Å². The fraction of sp³-hybridized carbons (Fsp3) is 0.500. The van der Waals surface area contributed by atoms with Gasteiger partial charge in [-0.25, -0.2) is 0 Å². The van der Waals surface area contributed by atoms with E-state index in [9.17, 15) is 10.1 Å². The fourth-order valence-corrected chi connectivity index (χ4v) is 4.37. The quantitative estimate of drug-likeness (QED) is 0.776. The molecular formula is C22H27N5O2. The van der Waals surface area contributed by atoms with Crippen LogP contribution in [0.25, 0.3) is 10.9 Å². The minimum Gasteiger partial charge on any atom is -0.497 e. The van der Waals surface area contributed by atoms with Gasteiger partial charge in [0, 0.05) is 44.2 Å². The molecule has 152 valence electrons. The third kappa shape index (κ3) is 3.99. The molecule has 7 nitrogen and oxygen atoms in total. The van der Waals surface area contributed by atoms with Gasteiger partial charge in [0.25, 0.3) is 0 Å². The standard InChI is InChI=1S/C22H27N5O2/c1-25(19-10-16-5-6-20(29-2)11-21(16)24-13-19)18-7-9-26(14-18)15-22(28)27-8-3-4-17(27)12-23/h5-6,10-11,13,17-18H,3-4,7-9,14-15H2,1-2H3/t17?,18-/m0/s1. The summed E-state index contributed by atoms with van der Waals surface area (Å²) in [6.45, 7) is 2.85. The van der Waals surface area contributed by atoms with Gasteiger partial charge < -0.3 is 14.5 Å². The number of fused-ring (bicyclic) bond motifs is 1. The number of carbonyl (C=O) groups excluding carboxylic acids is 1. The molecule has 2 saturated heterocycles.